The largest absolute Gasteiger partial charge is 0.490 e. The van der Waals surface area contributed by atoms with Gasteiger partial charge >= 0.3 is 12.1 Å². The second-order valence-corrected chi connectivity index (χ2v) is 11.5. The lowest BCUT2D eigenvalue weighted by molar-refractivity contribution is -0.192. The molecule has 0 aliphatic carbocycles. The number of halogens is 4. The maximum absolute atomic E-state index is 12.9. The monoisotopic (exact) mass is 574 g/mol. The standard InChI is InChI=1S/C20H17ClN4O3S2.C2HF3O2/c21-13-4-3-12-8-19(29-18(12)9-13)30(27,28)24-16-5-7-25(20(16)26)11-14-10-17-15(23-14)2-1-6-22-17;3-2(4,5)1(6)7/h1-4,6,8-10,16,23-24H,5,7,11H2;(H,6,7)/t16-;/m0./s1. The van der Waals surface area contributed by atoms with Crippen molar-refractivity contribution in [3.05, 3.63) is 59.4 Å². The van der Waals surface area contributed by atoms with Crippen LogP contribution in [0.2, 0.25) is 5.02 Å². The van der Waals surface area contributed by atoms with Gasteiger partial charge in [-0.3, -0.25) is 9.78 Å². The summed E-state index contributed by atoms with van der Waals surface area (Å²) in [6.45, 7) is 0.867. The highest BCUT2D eigenvalue weighted by molar-refractivity contribution is 7.91. The van der Waals surface area contributed by atoms with Gasteiger partial charge in [-0.15, -0.1) is 11.3 Å². The summed E-state index contributed by atoms with van der Waals surface area (Å²) < 4.78 is 61.0. The summed E-state index contributed by atoms with van der Waals surface area (Å²) in [5, 5.41) is 8.48. The number of hydrogen-bond donors (Lipinski definition) is 3. The van der Waals surface area contributed by atoms with Crippen LogP contribution in [0.15, 0.2) is 52.9 Å². The third-order valence-electron chi connectivity index (χ3n) is 5.37. The van der Waals surface area contributed by atoms with Crippen LogP contribution in [-0.2, 0) is 26.2 Å². The van der Waals surface area contributed by atoms with Crippen molar-refractivity contribution in [3.8, 4) is 0 Å². The molecular weight excluding hydrogens is 557 g/mol. The fourth-order valence-electron chi connectivity index (χ4n) is 3.67. The third kappa shape index (κ3) is 6.21. The lowest BCUT2D eigenvalue weighted by atomic mass is 10.3. The SMILES string of the molecule is O=C(O)C(F)(F)F.O=C1[C@@H](NS(=O)(=O)c2cc3ccc(Cl)cc3s2)CCN1Cc1cc2ncccc2[nH]1. The number of H-pyrrole nitrogens is 1. The molecule has 4 aromatic rings. The zero-order valence-electron chi connectivity index (χ0n) is 18.6. The predicted molar refractivity (Wildman–Crippen MR) is 131 cm³/mol. The van der Waals surface area contributed by atoms with E-state index in [1.54, 1.807) is 35.4 Å². The first-order chi connectivity index (χ1) is 17.3. The minimum Gasteiger partial charge on any atom is -0.475 e. The number of benzene rings is 1. The number of carbonyl (C=O) groups is 2. The Labute approximate surface area is 216 Å². The number of likely N-dealkylation sites (tertiary alicyclic amines) is 1. The number of hydrogen-bond acceptors (Lipinski definition) is 6. The minimum absolute atomic E-state index is 0.174. The Morgan fingerprint density at radius 3 is 2.68 bits per heavy atom. The van der Waals surface area contributed by atoms with Crippen molar-refractivity contribution >= 4 is 66.0 Å². The van der Waals surface area contributed by atoms with Crippen LogP contribution in [-0.4, -0.2) is 59.0 Å². The average Bonchev–Trinajstić information content (AvgIpc) is 3.51. The minimum atomic E-state index is -5.08. The van der Waals surface area contributed by atoms with E-state index in [0.717, 1.165) is 38.2 Å². The molecule has 0 saturated carbocycles. The zero-order chi connectivity index (χ0) is 27.0. The van der Waals surface area contributed by atoms with E-state index in [2.05, 4.69) is 14.7 Å². The highest BCUT2D eigenvalue weighted by Gasteiger charge is 2.38. The van der Waals surface area contributed by atoms with Gasteiger partial charge in [0.15, 0.2) is 0 Å². The van der Waals surface area contributed by atoms with Crippen molar-refractivity contribution in [2.75, 3.05) is 6.54 Å². The molecule has 1 aromatic carbocycles. The van der Waals surface area contributed by atoms with Gasteiger partial charge in [0, 0.05) is 28.2 Å². The van der Waals surface area contributed by atoms with Crippen molar-refractivity contribution < 1.29 is 36.3 Å². The molecule has 4 heterocycles. The summed E-state index contributed by atoms with van der Waals surface area (Å²) in [6, 6.07) is 11.7. The molecule has 1 aliphatic heterocycles. The van der Waals surface area contributed by atoms with E-state index >= 15 is 0 Å². The van der Waals surface area contributed by atoms with E-state index in [9.17, 15) is 26.4 Å². The van der Waals surface area contributed by atoms with Crippen molar-refractivity contribution in [2.45, 2.75) is 29.4 Å². The molecule has 1 fully saturated rings. The smallest absolute Gasteiger partial charge is 0.475 e. The van der Waals surface area contributed by atoms with E-state index in [0.29, 0.717) is 24.5 Å². The van der Waals surface area contributed by atoms with Gasteiger partial charge < -0.3 is 15.0 Å². The quantitative estimate of drug-likeness (QED) is 0.328. The van der Waals surface area contributed by atoms with Crippen LogP contribution in [0.5, 0.6) is 0 Å². The Balaban J connectivity index is 0.000000405. The number of pyridine rings is 1. The molecule has 0 unspecified atom stereocenters. The number of alkyl halides is 3. The van der Waals surface area contributed by atoms with Gasteiger partial charge in [-0.1, -0.05) is 17.7 Å². The number of rotatable bonds is 5. The summed E-state index contributed by atoms with van der Waals surface area (Å²) in [5.41, 5.74) is 2.60. The van der Waals surface area contributed by atoms with Gasteiger partial charge in [0.1, 0.15) is 10.3 Å². The maximum Gasteiger partial charge on any atom is 0.490 e. The molecule has 1 atom stereocenters. The molecule has 196 valence electrons. The summed E-state index contributed by atoms with van der Waals surface area (Å²) in [7, 11) is -3.81. The van der Waals surface area contributed by atoms with Crippen molar-refractivity contribution in [1.29, 1.82) is 0 Å². The topological polar surface area (TPSA) is 132 Å². The maximum atomic E-state index is 12.9. The Kier molecular flexibility index (Phi) is 7.46. The van der Waals surface area contributed by atoms with E-state index in [-0.39, 0.29) is 10.1 Å². The molecule has 5 rings (SSSR count). The van der Waals surface area contributed by atoms with Gasteiger partial charge in [-0.05, 0) is 48.2 Å². The van der Waals surface area contributed by atoms with Crippen LogP contribution in [0.3, 0.4) is 0 Å². The molecule has 9 nitrogen and oxygen atoms in total. The number of nitrogens with one attached hydrogen (secondary N) is 2. The summed E-state index contributed by atoms with van der Waals surface area (Å²) in [4.78, 5) is 30.9. The van der Waals surface area contributed by atoms with Crippen LogP contribution in [0.4, 0.5) is 13.2 Å². The average molecular weight is 575 g/mol. The molecule has 1 aliphatic rings. The number of aromatic nitrogens is 2. The number of aliphatic carboxylic acids is 1. The van der Waals surface area contributed by atoms with Crippen LogP contribution >= 0.6 is 22.9 Å². The van der Waals surface area contributed by atoms with E-state index < -0.39 is 28.2 Å². The Hall–Kier alpha value is -3.20. The number of carbonyl (C=O) groups excluding carboxylic acids is 1. The molecule has 0 radical (unpaired) electrons. The first-order valence-corrected chi connectivity index (χ1v) is 13.2. The number of nitrogens with zero attached hydrogens (tertiary/aromatic N) is 2. The second kappa shape index (κ2) is 10.3. The molecule has 0 bridgehead atoms. The summed E-state index contributed by atoms with van der Waals surface area (Å²) in [6.07, 6.45) is -2.94. The predicted octanol–water partition coefficient (Wildman–Crippen LogP) is 4.14. The number of thiophene rings is 1. The fraction of sp³-hybridized carbons (Fsp3) is 0.227. The van der Waals surface area contributed by atoms with E-state index in [4.69, 9.17) is 21.5 Å². The van der Waals surface area contributed by atoms with Crippen molar-refractivity contribution in [2.24, 2.45) is 0 Å². The van der Waals surface area contributed by atoms with Gasteiger partial charge in [0.2, 0.25) is 5.91 Å². The number of aromatic amines is 1. The highest BCUT2D eigenvalue weighted by Crippen LogP contribution is 2.31. The number of fused-ring (bicyclic) bond motifs is 2. The molecule has 3 aromatic heterocycles. The molecule has 37 heavy (non-hydrogen) atoms. The van der Waals surface area contributed by atoms with Crippen LogP contribution in [0.1, 0.15) is 12.1 Å². The second-order valence-electron chi connectivity index (χ2n) is 8.00. The molecule has 3 N–H and O–H groups in total. The van der Waals surface area contributed by atoms with Gasteiger partial charge in [-0.2, -0.15) is 17.9 Å². The Morgan fingerprint density at radius 1 is 1.27 bits per heavy atom. The fourth-order valence-corrected chi connectivity index (χ4v) is 6.58. The number of amides is 1. The normalized spacial score (nSPS) is 16.3. The van der Waals surface area contributed by atoms with Gasteiger partial charge in [0.25, 0.3) is 10.0 Å². The zero-order valence-corrected chi connectivity index (χ0v) is 21.0. The third-order valence-corrected chi connectivity index (χ3v) is 8.65. The van der Waals surface area contributed by atoms with Crippen LogP contribution in [0, 0.1) is 0 Å². The van der Waals surface area contributed by atoms with Crippen LogP contribution in [0.25, 0.3) is 21.1 Å². The van der Waals surface area contributed by atoms with Gasteiger partial charge in [-0.25, -0.2) is 13.2 Å². The number of carboxylic acid groups (broad SMARTS) is 1. The molecular formula is C22H18ClF3N4O5S2. The molecule has 1 saturated heterocycles. The van der Waals surface area contributed by atoms with Crippen molar-refractivity contribution in [1.82, 2.24) is 19.6 Å². The number of sulfonamides is 1. The van der Waals surface area contributed by atoms with Gasteiger partial charge in [0.05, 0.1) is 17.6 Å². The first-order valence-electron chi connectivity index (χ1n) is 10.6. The lowest BCUT2D eigenvalue weighted by Gasteiger charge is -2.16. The molecule has 15 heteroatoms. The van der Waals surface area contributed by atoms with Crippen molar-refractivity contribution in [3.63, 3.8) is 0 Å². The summed E-state index contributed by atoms with van der Waals surface area (Å²) in [5.74, 6) is -2.98. The van der Waals surface area contributed by atoms with E-state index in [1.165, 1.54) is 0 Å². The highest BCUT2D eigenvalue weighted by atomic mass is 35.5. The molecule has 0 spiro atoms. The lowest BCUT2D eigenvalue weighted by Crippen LogP contribution is -2.41. The van der Waals surface area contributed by atoms with Crippen LogP contribution < -0.4 is 4.72 Å². The molecule has 1 amide bonds. The Morgan fingerprint density at radius 2 is 2.00 bits per heavy atom. The first kappa shape index (κ1) is 26.9. The summed E-state index contributed by atoms with van der Waals surface area (Å²) >= 11 is 7.13. The Bertz CT molecular complexity index is 1550. The number of carboxylic acids is 1. The van der Waals surface area contributed by atoms with E-state index in [1.807, 2.05) is 18.2 Å².